The van der Waals surface area contributed by atoms with Gasteiger partial charge in [0, 0.05) is 12.8 Å². The lowest BCUT2D eigenvalue weighted by Gasteiger charge is -2.14. The summed E-state index contributed by atoms with van der Waals surface area (Å²) in [5, 5.41) is 3.02. The van der Waals surface area contributed by atoms with E-state index < -0.39 is 30.8 Å². The van der Waals surface area contributed by atoms with Crippen molar-refractivity contribution in [1.29, 1.82) is 0 Å². The molecule has 26 heavy (non-hydrogen) atoms. The number of halogens is 4. The molecule has 0 fully saturated rings. The van der Waals surface area contributed by atoms with Crippen LogP contribution in [0.3, 0.4) is 0 Å². The van der Waals surface area contributed by atoms with Crippen molar-refractivity contribution in [3.8, 4) is 0 Å². The number of carbonyl (C=O) groups is 2. The highest BCUT2D eigenvalue weighted by molar-refractivity contribution is 7.22. The van der Waals surface area contributed by atoms with E-state index in [9.17, 15) is 27.2 Å². The van der Waals surface area contributed by atoms with Crippen LogP contribution in [0, 0.1) is 6.92 Å². The number of amides is 1. The van der Waals surface area contributed by atoms with Crippen LogP contribution in [-0.2, 0) is 14.3 Å². The summed E-state index contributed by atoms with van der Waals surface area (Å²) in [6.45, 7) is 0.246. The number of aryl methyl sites for hydroxylation is 1. The Labute approximate surface area is 150 Å². The summed E-state index contributed by atoms with van der Waals surface area (Å²) in [5.74, 6) is -5.83. The van der Waals surface area contributed by atoms with Gasteiger partial charge >= 0.3 is 18.3 Å². The molecule has 0 aliphatic heterocycles. The lowest BCUT2D eigenvalue weighted by Crippen LogP contribution is -2.33. The summed E-state index contributed by atoms with van der Waals surface area (Å²) < 4.78 is 54.2. The number of anilines is 1. The van der Waals surface area contributed by atoms with E-state index in [1.807, 2.05) is 25.1 Å². The van der Waals surface area contributed by atoms with Crippen molar-refractivity contribution < 1.29 is 31.9 Å². The first-order valence-corrected chi connectivity index (χ1v) is 8.48. The molecular weight excluding hydrogens is 376 g/mol. The van der Waals surface area contributed by atoms with Crippen LogP contribution in [-0.4, -0.2) is 35.8 Å². The fraction of sp³-hybridized carbons (Fsp3) is 0.438. The van der Waals surface area contributed by atoms with Crippen LogP contribution in [0.15, 0.2) is 18.2 Å². The summed E-state index contributed by atoms with van der Waals surface area (Å²) in [6.07, 6.45) is -4.26. The molecule has 5 nitrogen and oxygen atoms in total. The Kier molecular flexibility index (Phi) is 6.52. The van der Waals surface area contributed by atoms with Crippen LogP contribution >= 0.6 is 11.3 Å². The number of benzene rings is 1. The number of nitrogens with one attached hydrogen (secondary N) is 1. The Hall–Kier alpha value is -2.23. The number of rotatable bonds is 8. The van der Waals surface area contributed by atoms with Gasteiger partial charge < -0.3 is 10.1 Å². The lowest BCUT2D eigenvalue weighted by atomic mass is 10.2. The quantitative estimate of drug-likeness (QED) is 0.541. The zero-order valence-corrected chi connectivity index (χ0v) is 14.5. The zero-order chi connectivity index (χ0) is 19.3. The van der Waals surface area contributed by atoms with Gasteiger partial charge in [-0.1, -0.05) is 23.5 Å². The van der Waals surface area contributed by atoms with E-state index in [2.05, 4.69) is 15.0 Å². The molecule has 1 aromatic heterocycles. The van der Waals surface area contributed by atoms with Crippen LogP contribution in [0.1, 0.15) is 24.8 Å². The second kappa shape index (κ2) is 8.43. The number of esters is 1. The van der Waals surface area contributed by atoms with E-state index in [0.717, 1.165) is 15.8 Å². The van der Waals surface area contributed by atoms with Gasteiger partial charge in [0.1, 0.15) is 0 Å². The van der Waals surface area contributed by atoms with Gasteiger partial charge in [0.25, 0.3) is 0 Å². The lowest BCUT2D eigenvalue weighted by molar-refractivity contribution is -0.179. The molecule has 0 aliphatic rings. The smallest absolute Gasteiger partial charge is 0.340 e. The minimum absolute atomic E-state index is 0.0365. The van der Waals surface area contributed by atoms with Gasteiger partial charge in [-0.15, -0.1) is 0 Å². The average molecular weight is 392 g/mol. The highest BCUT2D eigenvalue weighted by atomic mass is 32.1. The normalized spacial score (nSPS) is 11.8. The van der Waals surface area contributed by atoms with Crippen molar-refractivity contribution >= 4 is 38.6 Å². The third-order valence-electron chi connectivity index (χ3n) is 3.39. The second-order valence-electron chi connectivity index (χ2n) is 5.57. The monoisotopic (exact) mass is 392 g/mol. The molecule has 0 atom stereocenters. The summed E-state index contributed by atoms with van der Waals surface area (Å²) in [4.78, 5) is 27.4. The van der Waals surface area contributed by atoms with Gasteiger partial charge in [-0.3, -0.25) is 9.59 Å². The van der Waals surface area contributed by atoms with Gasteiger partial charge in [0.2, 0.25) is 5.91 Å². The molecule has 0 saturated heterocycles. The summed E-state index contributed by atoms with van der Waals surface area (Å²) in [5.41, 5.74) is 1.79. The molecule has 1 heterocycles. The van der Waals surface area contributed by atoms with Crippen molar-refractivity contribution in [3.63, 3.8) is 0 Å². The molecule has 0 radical (unpaired) electrons. The molecule has 10 heteroatoms. The van der Waals surface area contributed by atoms with Gasteiger partial charge in [-0.25, -0.2) is 13.8 Å². The van der Waals surface area contributed by atoms with Gasteiger partial charge in [-0.2, -0.15) is 8.78 Å². The van der Waals surface area contributed by atoms with Crippen LogP contribution in [0.5, 0.6) is 0 Å². The second-order valence-corrected chi connectivity index (χ2v) is 6.57. The number of ether oxygens (including phenoxy) is 1. The SMILES string of the molecule is Cc1cccc2nc(NC(=O)CCCC(=O)OCC(F)(F)C(F)F)sc12. The van der Waals surface area contributed by atoms with Gasteiger partial charge in [0.05, 0.1) is 10.2 Å². The first kappa shape index (κ1) is 20.1. The van der Waals surface area contributed by atoms with Gasteiger partial charge in [0.15, 0.2) is 11.7 Å². The summed E-state index contributed by atoms with van der Waals surface area (Å²) >= 11 is 1.32. The summed E-state index contributed by atoms with van der Waals surface area (Å²) in [7, 11) is 0. The number of fused-ring (bicyclic) bond motifs is 1. The number of aromatic nitrogens is 1. The van der Waals surface area contributed by atoms with Gasteiger partial charge in [-0.05, 0) is 25.0 Å². The van der Waals surface area contributed by atoms with E-state index in [4.69, 9.17) is 0 Å². The Morgan fingerprint density at radius 3 is 2.69 bits per heavy atom. The molecule has 2 rings (SSSR count). The maximum atomic E-state index is 12.6. The predicted octanol–water partition coefficient (Wildman–Crippen LogP) is 4.16. The first-order chi connectivity index (χ1) is 12.2. The Morgan fingerprint density at radius 1 is 1.31 bits per heavy atom. The van der Waals surface area contributed by atoms with E-state index in [-0.39, 0.29) is 19.3 Å². The fourth-order valence-electron chi connectivity index (χ4n) is 2.03. The van der Waals surface area contributed by atoms with Crippen molar-refractivity contribution in [2.24, 2.45) is 0 Å². The predicted molar refractivity (Wildman–Crippen MR) is 88.7 cm³/mol. The van der Waals surface area contributed by atoms with Crippen LogP contribution in [0.2, 0.25) is 0 Å². The van der Waals surface area contributed by atoms with Crippen LogP contribution < -0.4 is 5.32 Å². The third-order valence-corrected chi connectivity index (χ3v) is 4.51. The molecule has 0 aliphatic carbocycles. The highest BCUT2D eigenvalue weighted by Crippen LogP contribution is 2.28. The van der Waals surface area contributed by atoms with Crippen molar-refractivity contribution in [3.05, 3.63) is 23.8 Å². The Morgan fingerprint density at radius 2 is 2.04 bits per heavy atom. The molecule has 1 aromatic carbocycles. The zero-order valence-electron chi connectivity index (χ0n) is 13.7. The third kappa shape index (κ3) is 5.38. The number of alkyl halides is 4. The molecule has 0 saturated carbocycles. The van der Waals surface area contributed by atoms with Crippen molar-refractivity contribution in [1.82, 2.24) is 4.98 Å². The maximum absolute atomic E-state index is 12.6. The first-order valence-electron chi connectivity index (χ1n) is 7.66. The summed E-state index contributed by atoms with van der Waals surface area (Å²) in [6, 6.07) is 5.60. The number of hydrogen-bond acceptors (Lipinski definition) is 5. The van der Waals surface area contributed by atoms with Crippen molar-refractivity contribution in [2.45, 2.75) is 38.5 Å². The number of hydrogen-bond donors (Lipinski definition) is 1. The van der Waals surface area contributed by atoms with E-state index in [1.165, 1.54) is 11.3 Å². The molecule has 2 aromatic rings. The molecule has 142 valence electrons. The molecule has 0 bridgehead atoms. The maximum Gasteiger partial charge on any atom is 0.340 e. The minimum Gasteiger partial charge on any atom is -0.459 e. The molecule has 0 unspecified atom stereocenters. The van der Waals surface area contributed by atoms with E-state index >= 15 is 0 Å². The van der Waals surface area contributed by atoms with E-state index in [1.54, 1.807) is 0 Å². The Balaban J connectivity index is 1.74. The average Bonchev–Trinajstić information content (AvgIpc) is 2.96. The Bertz CT molecular complexity index is 795. The molecule has 1 N–H and O–H groups in total. The molecule has 0 spiro atoms. The van der Waals surface area contributed by atoms with Crippen molar-refractivity contribution in [2.75, 3.05) is 11.9 Å². The topological polar surface area (TPSA) is 68.3 Å². The number of thiazole rings is 1. The largest absolute Gasteiger partial charge is 0.459 e. The highest BCUT2D eigenvalue weighted by Gasteiger charge is 2.42. The number of nitrogens with zero attached hydrogens (tertiary/aromatic N) is 1. The minimum atomic E-state index is -4.38. The molecule has 1 amide bonds. The molecular formula is C16H16F4N2O3S. The van der Waals surface area contributed by atoms with E-state index in [0.29, 0.717) is 5.13 Å². The number of carbonyl (C=O) groups excluding carboxylic acids is 2. The van der Waals surface area contributed by atoms with Crippen LogP contribution in [0.25, 0.3) is 10.2 Å². The van der Waals surface area contributed by atoms with Crippen LogP contribution in [0.4, 0.5) is 22.7 Å². The fourth-order valence-corrected chi connectivity index (χ4v) is 2.98. The standard InChI is InChI=1S/C16H16F4N2O3S/c1-9-4-2-5-10-13(9)26-15(21-10)22-11(23)6-3-7-12(24)25-8-16(19,20)14(17)18/h2,4-5,14H,3,6-8H2,1H3,(H,21,22,23).